The van der Waals surface area contributed by atoms with Crippen molar-refractivity contribution in [2.75, 3.05) is 32.7 Å². The summed E-state index contributed by atoms with van der Waals surface area (Å²) in [5, 5.41) is 0. The number of alkyl halides is 3. The van der Waals surface area contributed by atoms with Crippen LogP contribution >= 0.6 is 0 Å². The minimum Gasteiger partial charge on any atom is -0.406 e. The van der Waals surface area contributed by atoms with Crippen molar-refractivity contribution in [1.29, 1.82) is 0 Å². The summed E-state index contributed by atoms with van der Waals surface area (Å²) < 4.78 is 42.3. The number of hydrogen-bond donors (Lipinski definition) is 1. The van der Waals surface area contributed by atoms with Crippen LogP contribution in [0.4, 0.5) is 18.0 Å². The van der Waals surface area contributed by atoms with Gasteiger partial charge in [0.1, 0.15) is 5.75 Å². The Labute approximate surface area is 761 Å². The highest BCUT2D eigenvalue weighted by atomic mass is 33.5. The van der Waals surface area contributed by atoms with Crippen molar-refractivity contribution in [1.82, 2.24) is 14.7 Å². The lowest BCUT2D eigenvalue weighted by Crippen LogP contribution is -2.60. The number of benzene rings is 2. The van der Waals surface area contributed by atoms with Gasteiger partial charge in [-0.25, -0.2) is 4.79 Å². The molecular formula is C30H39F3N4O3S61. The molecule has 7 nitrogen and oxygen atoms in total. The van der Waals surface area contributed by atoms with Gasteiger partial charge in [0.25, 0.3) is 0 Å². The summed E-state index contributed by atoms with van der Waals surface area (Å²) >= 11 is 9.64. The largest absolute Gasteiger partial charge is 0.573 e. The number of amides is 3. The van der Waals surface area contributed by atoms with Crippen LogP contribution in [0.5, 0.6) is 5.75 Å². The SMILES string of the molecule is CC(C)(C)[C@H]1CN(C(c2ccccc2)c2ccc(OC(F)(F)F)cc2)CCN1C(=O)CC1CCN(C(N)=O)CC1.S=S=S=S=S=S=S=S=S=S=S=S=S=S=S=S=S=S=S=S=S=S=S=S=S=S=S=S=S=S=S=S=S=S=S=S=S=S=S=S=S=S=S=S=S=S=S=S=S=S=S=S=S=S=S=S=S=S=S=S=S. The van der Waals surface area contributed by atoms with Crippen LogP contribution in [0.1, 0.15) is 57.2 Å². The maximum atomic E-state index is 13.6. The van der Waals surface area contributed by atoms with Gasteiger partial charge in [-0.05, 0) is 47.4 Å². The summed E-state index contributed by atoms with van der Waals surface area (Å²) in [5.41, 5.74) is 7.09. The third-order valence-corrected chi connectivity index (χ3v) is 139. The molecule has 0 aromatic heterocycles. The number of carbonyl (C=O) groups excluding carboxylic acids is 2. The first-order valence-electron chi connectivity index (χ1n) is 23.8. The van der Waals surface area contributed by atoms with Gasteiger partial charge >= 0.3 is 12.4 Å². The van der Waals surface area contributed by atoms with E-state index in [-0.39, 0.29) is 35.1 Å². The number of nitrogens with two attached hydrogens (primary N) is 1. The molecule has 0 saturated carbocycles. The quantitative estimate of drug-likeness (QED) is 0.426. The highest BCUT2D eigenvalue weighted by Gasteiger charge is 2.41. The van der Waals surface area contributed by atoms with Gasteiger partial charge in [-0.1, -0.05) is 63.2 Å². The average Bonchev–Trinajstić information content (AvgIpc) is 0.781. The normalized spacial score (nSPS) is 12.8. The molecule has 4 rings (SSSR count). The summed E-state index contributed by atoms with van der Waals surface area (Å²) in [6, 6.07) is 15.3. The maximum absolute atomic E-state index is 13.6. The first kappa shape index (κ1) is 105. The number of halogens is 3. The first-order valence-corrected chi connectivity index (χ1v) is 104. The van der Waals surface area contributed by atoms with Crippen LogP contribution in [0.2, 0.25) is 0 Å². The number of rotatable bonds is 6. The molecule has 1 unspecified atom stereocenters. The zero-order valence-corrected chi connectivity index (χ0v) is 98.1. The van der Waals surface area contributed by atoms with E-state index >= 15 is 0 Å². The zero-order valence-electron chi connectivity index (χ0n) is 48.3. The van der Waals surface area contributed by atoms with Crippen LogP contribution in [0.3, 0.4) is 0 Å². The molecule has 2 fully saturated rings. The van der Waals surface area contributed by atoms with Gasteiger partial charge < -0.3 is 20.3 Å². The van der Waals surface area contributed by atoms with Gasteiger partial charge in [0.05, 0.1) is 6.04 Å². The van der Waals surface area contributed by atoms with E-state index in [0.29, 0.717) is 39.1 Å². The smallest absolute Gasteiger partial charge is 0.406 e. The molecule has 2 atom stereocenters. The summed E-state index contributed by atoms with van der Waals surface area (Å²) in [6.45, 7) is 9.35. The Morgan fingerprint density at radius 2 is 0.683 bits per heavy atom. The number of primary amides is 1. The number of carbonyl (C=O) groups is 2. The molecule has 101 heavy (non-hydrogen) atoms. The zero-order chi connectivity index (χ0) is 72.8. The average molecular weight is 2520 g/mol. The topological polar surface area (TPSA) is 79.1 Å². The van der Waals surface area contributed by atoms with Crippen LogP contribution in [-0.4, -0.2) is 71.8 Å². The lowest BCUT2D eigenvalue weighted by molar-refractivity contribution is -0.274. The van der Waals surface area contributed by atoms with Crippen LogP contribution in [0.15, 0.2) is 54.6 Å². The number of ether oxygens (including phenoxy) is 1. The number of likely N-dealkylation sites (tertiary alicyclic amines) is 1. The molecule has 2 heterocycles. The monoisotopic (exact) mass is 2510 g/mol. The Balaban J connectivity index is 0.000000568. The standard InChI is InChI=1S/C30H39F3N4O3.S61/c1-29(2,3)25-20-36(17-18-37(25)26(38)19-21-13-15-35(16-14-21)28(34)39)27(22-7-5-4-6-8-22)23-9-11-24(12-10-23)40-30(31,32)33;1-3-5-7-9-11-13-15-17-19-21-23-25-27-29-31-33-35-37-39-41-43-45-47-49-51-53-55-57-59-61-60-58-56-54-52-50-48-46-44-42-40-38-36-34-32-30-28-26-24-22-20-18-16-14-12-10-8-6-4-2/h4-12,21,25,27H,13-20H2,1-3H3,(H2,34,39);/t25-,27?;/m1./s1. The van der Waals surface area contributed by atoms with Crippen LogP contribution in [0, 0.1) is 11.3 Å². The molecule has 2 saturated heterocycles. The second-order valence-electron chi connectivity index (χ2n) is 15.9. The molecule has 0 aliphatic carbocycles. The van der Waals surface area contributed by atoms with Crippen molar-refractivity contribution < 1.29 is 27.5 Å². The molecule has 2 aromatic carbocycles. The van der Waals surface area contributed by atoms with Crippen LogP contribution in [0.25, 0.3) is 0 Å². The summed E-state index contributed by atoms with van der Waals surface area (Å²) in [6.07, 6.45) is -2.78. The predicted molar refractivity (Wildman–Crippen MR) is 596 cm³/mol. The molecule has 0 spiro atoms. The lowest BCUT2D eigenvalue weighted by Gasteiger charge is -2.50. The third kappa shape index (κ3) is 62.0. The Kier molecular flexibility index (Phi) is 78.4. The van der Waals surface area contributed by atoms with E-state index in [4.69, 9.17) is 28.1 Å². The van der Waals surface area contributed by atoms with E-state index < -0.39 is 12.4 Å². The van der Waals surface area contributed by atoms with Crippen molar-refractivity contribution in [2.45, 2.75) is 58.5 Å². The number of hydrogen-bond acceptors (Lipinski definition) is 6. The van der Waals surface area contributed by atoms with Gasteiger partial charge in [-0.3, -0.25) is 9.69 Å². The fraction of sp³-hybridized carbons (Fsp3) is 0.533. The van der Waals surface area contributed by atoms with E-state index in [1.807, 2.05) is 435 Å². The van der Waals surface area contributed by atoms with Gasteiger partial charge in [0, 0.05) is 592 Å². The highest BCUT2D eigenvalue weighted by molar-refractivity contribution is 8.83. The Morgan fingerprint density at radius 3 is 0.931 bits per heavy atom. The van der Waals surface area contributed by atoms with Gasteiger partial charge in [-0.15, -0.1) is 13.2 Å². The molecule has 0 bridgehead atoms. The second kappa shape index (κ2) is 75.1. The highest BCUT2D eigenvalue weighted by Crippen LogP contribution is 2.37. The molecule has 2 aromatic rings. The van der Waals surface area contributed by atoms with Gasteiger partial charge in [0.15, 0.2) is 0 Å². The van der Waals surface area contributed by atoms with Crippen LogP contribution < -0.4 is 10.5 Å². The summed E-state index contributed by atoms with van der Waals surface area (Å²) in [4.78, 5) is 31.0. The second-order valence-corrected chi connectivity index (χ2v) is 120. The van der Waals surface area contributed by atoms with E-state index in [0.717, 1.165) is 24.0 Å². The number of nitrogens with zero attached hydrogens (tertiary/aromatic N) is 3. The van der Waals surface area contributed by atoms with Crippen molar-refractivity contribution in [3.63, 3.8) is 0 Å². The maximum Gasteiger partial charge on any atom is 0.573 e. The van der Waals surface area contributed by atoms with Crippen molar-refractivity contribution in [3.05, 3.63) is 65.7 Å². The van der Waals surface area contributed by atoms with Crippen molar-refractivity contribution in [2.24, 2.45) is 17.1 Å². The fourth-order valence-electron chi connectivity index (χ4n) is 6.55. The minimum absolute atomic E-state index is 0.0569. The molecule has 71 heteroatoms. The molecule has 2 N–H and O–H groups in total. The Morgan fingerprint density at radius 1 is 0.416 bits per heavy atom. The summed E-state index contributed by atoms with van der Waals surface area (Å²) in [7, 11) is 106. The van der Waals surface area contributed by atoms with Gasteiger partial charge in [-0.2, -0.15) is 0 Å². The Bertz CT molecular complexity index is 5950. The summed E-state index contributed by atoms with van der Waals surface area (Å²) in [5.74, 6) is 0.0889. The van der Waals surface area contributed by atoms with Crippen LogP contribution in [-0.2, 0) is 551 Å². The predicted octanol–water partition coefficient (Wildman–Crippen LogP) is 5.27. The lowest BCUT2D eigenvalue weighted by atomic mass is 9.82. The minimum atomic E-state index is -4.75. The molecule has 2 aliphatic heterocycles. The number of piperazine rings is 1. The van der Waals surface area contributed by atoms with E-state index in [2.05, 4.69) is 30.4 Å². The van der Waals surface area contributed by atoms with E-state index in [1.54, 1.807) is 124 Å². The third-order valence-electron chi connectivity index (χ3n) is 9.64. The van der Waals surface area contributed by atoms with Gasteiger partial charge in [0.2, 0.25) is 5.91 Å². The molecule has 2 aliphatic rings. The molecule has 0 radical (unpaired) electrons. The molecule has 3 amide bonds. The van der Waals surface area contributed by atoms with Crippen molar-refractivity contribution in [3.8, 4) is 5.75 Å². The number of piperidine rings is 1. The van der Waals surface area contributed by atoms with Crippen molar-refractivity contribution >= 4 is 558 Å². The fourth-order valence-corrected chi connectivity index (χ4v) is 163. The molecule has 584 valence electrons. The van der Waals surface area contributed by atoms with E-state index in [1.165, 1.54) is 29.9 Å². The van der Waals surface area contributed by atoms with E-state index in [9.17, 15) is 22.8 Å². The number of urea groups is 1. The first-order chi connectivity index (χ1) is 49.2. The Hall–Kier alpha value is 10.2. The molecular weight excluding hydrogens is 2480 g/mol.